The Morgan fingerprint density at radius 1 is 1.08 bits per heavy atom. The van der Waals surface area contributed by atoms with Crippen LogP contribution < -0.4 is 0 Å². The lowest BCUT2D eigenvalue weighted by Crippen LogP contribution is -2.46. The number of hydrogen-bond donors (Lipinski definition) is 0. The van der Waals surface area contributed by atoms with Gasteiger partial charge in [-0.3, -0.25) is 4.79 Å². The third kappa shape index (κ3) is 3.89. The Labute approximate surface area is 138 Å². The molecule has 0 unspecified atom stereocenters. The van der Waals surface area contributed by atoms with Crippen LogP contribution in [-0.4, -0.2) is 43.7 Å². The third-order valence-corrected chi connectivity index (χ3v) is 4.56. The first-order valence-electron chi connectivity index (χ1n) is 8.10. The first kappa shape index (κ1) is 17.2. The average Bonchev–Trinajstić information content (AvgIpc) is 2.61. The van der Waals surface area contributed by atoms with Crippen molar-refractivity contribution in [3.05, 3.63) is 35.4 Å². The Balaban J connectivity index is 1.65. The Morgan fingerprint density at radius 2 is 1.75 bits per heavy atom. The maximum atomic E-state index is 12.6. The molecule has 0 aliphatic carbocycles. The highest BCUT2D eigenvalue weighted by Gasteiger charge is 2.33. The molecule has 132 valence electrons. The highest BCUT2D eigenvalue weighted by Crippen LogP contribution is 2.31. The number of carbonyl (C=O) groups excluding carboxylic acids is 1. The zero-order valence-corrected chi connectivity index (χ0v) is 13.2. The summed E-state index contributed by atoms with van der Waals surface area (Å²) in [4.78, 5) is 14.3. The number of benzene rings is 1. The van der Waals surface area contributed by atoms with Gasteiger partial charge in [-0.25, -0.2) is 0 Å². The summed E-state index contributed by atoms with van der Waals surface area (Å²) in [6.45, 7) is 2.49. The van der Waals surface area contributed by atoms with E-state index in [2.05, 4.69) is 0 Å². The van der Waals surface area contributed by atoms with Crippen molar-refractivity contribution in [3.8, 4) is 0 Å². The van der Waals surface area contributed by atoms with Crippen molar-refractivity contribution in [2.24, 2.45) is 5.92 Å². The number of alkyl halides is 3. The van der Waals surface area contributed by atoms with Gasteiger partial charge in [0.15, 0.2) is 0 Å². The fourth-order valence-corrected chi connectivity index (χ4v) is 3.14. The van der Waals surface area contributed by atoms with Crippen LogP contribution in [0.2, 0.25) is 0 Å². The van der Waals surface area contributed by atoms with Crippen molar-refractivity contribution in [3.63, 3.8) is 0 Å². The van der Waals surface area contributed by atoms with Gasteiger partial charge in [0.05, 0.1) is 18.7 Å². The molecule has 1 amide bonds. The van der Waals surface area contributed by atoms with E-state index in [1.54, 1.807) is 4.90 Å². The molecule has 1 atom stereocenters. The minimum absolute atomic E-state index is 0.0231. The lowest BCUT2D eigenvalue weighted by atomic mass is 9.97. The smallest absolute Gasteiger partial charge is 0.381 e. The van der Waals surface area contributed by atoms with E-state index in [1.807, 2.05) is 0 Å². The highest BCUT2D eigenvalue weighted by molar-refractivity contribution is 5.79. The molecule has 7 heteroatoms. The number of amides is 1. The van der Waals surface area contributed by atoms with E-state index in [4.69, 9.17) is 9.47 Å². The van der Waals surface area contributed by atoms with Crippen molar-refractivity contribution in [2.75, 3.05) is 32.9 Å². The maximum absolute atomic E-state index is 12.6. The molecular formula is C17H20F3NO3. The van der Waals surface area contributed by atoms with Crippen LogP contribution in [0.1, 0.15) is 30.1 Å². The van der Waals surface area contributed by atoms with E-state index in [1.165, 1.54) is 12.1 Å². The highest BCUT2D eigenvalue weighted by atomic mass is 19.4. The van der Waals surface area contributed by atoms with Gasteiger partial charge in [-0.05, 0) is 30.5 Å². The quantitative estimate of drug-likeness (QED) is 0.829. The topological polar surface area (TPSA) is 38.8 Å². The Hall–Kier alpha value is -1.60. The second-order valence-corrected chi connectivity index (χ2v) is 6.15. The van der Waals surface area contributed by atoms with Gasteiger partial charge in [-0.1, -0.05) is 12.1 Å². The molecule has 2 fully saturated rings. The maximum Gasteiger partial charge on any atom is 0.416 e. The first-order chi connectivity index (χ1) is 11.4. The van der Waals surface area contributed by atoms with Crippen molar-refractivity contribution in [1.29, 1.82) is 0 Å². The normalized spacial score (nSPS) is 23.3. The molecule has 0 N–H and O–H groups in total. The molecule has 1 aromatic rings. The molecule has 2 aliphatic rings. The summed E-state index contributed by atoms with van der Waals surface area (Å²) >= 11 is 0. The minimum atomic E-state index is -4.35. The zero-order valence-electron chi connectivity index (χ0n) is 13.2. The monoisotopic (exact) mass is 343 g/mol. The van der Waals surface area contributed by atoms with Crippen LogP contribution in [0.4, 0.5) is 13.2 Å². The van der Waals surface area contributed by atoms with Crippen LogP contribution in [0, 0.1) is 5.92 Å². The molecule has 2 heterocycles. The zero-order chi connectivity index (χ0) is 17.2. The summed E-state index contributed by atoms with van der Waals surface area (Å²) in [5.41, 5.74) is -0.0234. The van der Waals surface area contributed by atoms with Crippen molar-refractivity contribution >= 4 is 5.91 Å². The molecule has 0 aromatic heterocycles. The lowest BCUT2D eigenvalue weighted by molar-refractivity contribution is -0.146. The number of morpholine rings is 1. The molecule has 0 spiro atoms. The summed E-state index contributed by atoms with van der Waals surface area (Å²) in [5.74, 6) is 0.0728. The molecular weight excluding hydrogens is 323 g/mol. The molecule has 4 nitrogen and oxygen atoms in total. The summed E-state index contributed by atoms with van der Waals surface area (Å²) < 4.78 is 48.9. The molecule has 2 saturated heterocycles. The molecule has 0 bridgehead atoms. The number of nitrogens with zero attached hydrogens (tertiary/aromatic N) is 1. The van der Waals surface area contributed by atoms with Gasteiger partial charge in [-0.15, -0.1) is 0 Å². The predicted molar refractivity (Wildman–Crippen MR) is 80.3 cm³/mol. The summed E-state index contributed by atoms with van der Waals surface area (Å²) in [7, 11) is 0. The molecule has 2 aliphatic heterocycles. The number of ether oxygens (including phenoxy) is 2. The third-order valence-electron chi connectivity index (χ3n) is 4.56. The van der Waals surface area contributed by atoms with E-state index < -0.39 is 11.7 Å². The molecule has 0 radical (unpaired) electrons. The van der Waals surface area contributed by atoms with Crippen LogP contribution in [0.25, 0.3) is 0 Å². The lowest BCUT2D eigenvalue weighted by Gasteiger charge is -2.36. The molecule has 3 rings (SSSR count). The van der Waals surface area contributed by atoms with E-state index >= 15 is 0 Å². The minimum Gasteiger partial charge on any atom is -0.381 e. The van der Waals surface area contributed by atoms with E-state index in [0.717, 1.165) is 25.0 Å². The van der Waals surface area contributed by atoms with Crippen LogP contribution in [0.3, 0.4) is 0 Å². The van der Waals surface area contributed by atoms with Gasteiger partial charge in [0.2, 0.25) is 5.91 Å². The second-order valence-electron chi connectivity index (χ2n) is 6.15. The van der Waals surface area contributed by atoms with Crippen LogP contribution >= 0.6 is 0 Å². The number of halogens is 3. The first-order valence-corrected chi connectivity index (χ1v) is 8.10. The van der Waals surface area contributed by atoms with E-state index in [9.17, 15) is 18.0 Å². The van der Waals surface area contributed by atoms with Crippen LogP contribution in [0.15, 0.2) is 24.3 Å². The molecule has 1 aromatic carbocycles. The number of carbonyl (C=O) groups is 1. The van der Waals surface area contributed by atoms with Crippen molar-refractivity contribution in [2.45, 2.75) is 25.1 Å². The van der Waals surface area contributed by atoms with Gasteiger partial charge in [0.1, 0.15) is 6.10 Å². The predicted octanol–water partition coefficient (Wildman–Crippen LogP) is 3.03. The Morgan fingerprint density at radius 3 is 2.38 bits per heavy atom. The fourth-order valence-electron chi connectivity index (χ4n) is 3.14. The largest absolute Gasteiger partial charge is 0.416 e. The SMILES string of the molecule is O=C(C1CCOCC1)N1CCO[C@H](c2ccc(C(F)(F)F)cc2)C1. The standard InChI is InChI=1S/C17H20F3NO3/c18-17(19,20)14-3-1-12(2-4-14)15-11-21(7-10-24-15)16(22)13-5-8-23-9-6-13/h1-4,13,15H,5-11H2/t15-/m0/s1. The summed E-state index contributed by atoms with van der Waals surface area (Å²) in [6.07, 6.45) is -3.29. The number of hydrogen-bond acceptors (Lipinski definition) is 3. The molecule has 0 saturated carbocycles. The van der Waals surface area contributed by atoms with Gasteiger partial charge in [0, 0.05) is 25.7 Å². The average molecular weight is 343 g/mol. The summed E-state index contributed by atoms with van der Waals surface area (Å²) in [5, 5.41) is 0. The van der Waals surface area contributed by atoms with Crippen LogP contribution in [-0.2, 0) is 20.4 Å². The molecule has 24 heavy (non-hydrogen) atoms. The Kier molecular flexibility index (Phi) is 5.10. The van der Waals surface area contributed by atoms with Gasteiger partial charge >= 0.3 is 6.18 Å². The Bertz CT molecular complexity index is 567. The van der Waals surface area contributed by atoms with Gasteiger partial charge in [-0.2, -0.15) is 13.2 Å². The van der Waals surface area contributed by atoms with Crippen molar-refractivity contribution in [1.82, 2.24) is 4.90 Å². The number of rotatable bonds is 2. The van der Waals surface area contributed by atoms with Gasteiger partial charge in [0.25, 0.3) is 0 Å². The van der Waals surface area contributed by atoms with E-state index in [0.29, 0.717) is 38.5 Å². The van der Waals surface area contributed by atoms with Crippen LogP contribution in [0.5, 0.6) is 0 Å². The van der Waals surface area contributed by atoms with Gasteiger partial charge < -0.3 is 14.4 Å². The second kappa shape index (κ2) is 7.11. The van der Waals surface area contributed by atoms with E-state index in [-0.39, 0.29) is 17.9 Å². The fraction of sp³-hybridized carbons (Fsp3) is 0.588. The van der Waals surface area contributed by atoms with Crippen molar-refractivity contribution < 1.29 is 27.4 Å². The summed E-state index contributed by atoms with van der Waals surface area (Å²) in [6, 6.07) is 4.96.